The molecular formula is C17H24O4. The van der Waals surface area contributed by atoms with Crippen molar-refractivity contribution in [1.29, 1.82) is 0 Å². The minimum atomic E-state index is -0.0679. The van der Waals surface area contributed by atoms with Gasteiger partial charge in [-0.2, -0.15) is 0 Å². The zero-order chi connectivity index (χ0) is 15.2. The molecule has 1 fully saturated rings. The van der Waals surface area contributed by atoms with Crippen LogP contribution in [0.3, 0.4) is 0 Å². The number of aryl methyl sites for hydroxylation is 1. The number of ether oxygens (including phenoxy) is 3. The van der Waals surface area contributed by atoms with Crippen LogP contribution in [0.15, 0.2) is 18.2 Å². The topological polar surface area (TPSA) is 44.8 Å². The third kappa shape index (κ3) is 4.13. The van der Waals surface area contributed by atoms with Crippen molar-refractivity contribution in [2.24, 2.45) is 11.8 Å². The molecule has 1 aromatic rings. The Balaban J connectivity index is 1.92. The molecule has 0 bridgehead atoms. The van der Waals surface area contributed by atoms with Gasteiger partial charge in [0.2, 0.25) is 0 Å². The normalized spacial score (nSPS) is 20.0. The van der Waals surface area contributed by atoms with E-state index in [1.165, 1.54) is 12.7 Å². The Morgan fingerprint density at radius 3 is 2.57 bits per heavy atom. The van der Waals surface area contributed by atoms with Crippen molar-refractivity contribution in [3.8, 4) is 11.5 Å². The molecule has 0 N–H and O–H groups in total. The highest BCUT2D eigenvalue weighted by Gasteiger charge is 2.43. The van der Waals surface area contributed by atoms with Crippen LogP contribution in [0, 0.1) is 11.8 Å². The van der Waals surface area contributed by atoms with Crippen LogP contribution < -0.4 is 9.47 Å². The maximum absolute atomic E-state index is 11.4. The lowest BCUT2D eigenvalue weighted by Gasteiger charge is -2.12. The summed E-state index contributed by atoms with van der Waals surface area (Å²) in [6, 6.07) is 6.08. The zero-order valence-electron chi connectivity index (χ0n) is 13.1. The van der Waals surface area contributed by atoms with Gasteiger partial charge in [0.1, 0.15) is 0 Å². The maximum Gasteiger partial charge on any atom is 0.308 e. The second-order valence-corrected chi connectivity index (χ2v) is 5.31. The van der Waals surface area contributed by atoms with Crippen LogP contribution in [-0.2, 0) is 16.0 Å². The van der Waals surface area contributed by atoms with Gasteiger partial charge in [-0.05, 0) is 56.7 Å². The number of hydrogen-bond donors (Lipinski definition) is 0. The van der Waals surface area contributed by atoms with Gasteiger partial charge >= 0.3 is 5.97 Å². The van der Waals surface area contributed by atoms with Crippen molar-refractivity contribution >= 4 is 5.97 Å². The van der Waals surface area contributed by atoms with E-state index in [2.05, 4.69) is 6.07 Å². The molecule has 2 atom stereocenters. The van der Waals surface area contributed by atoms with E-state index in [0.717, 1.165) is 30.8 Å². The molecule has 0 aromatic heterocycles. The second-order valence-electron chi connectivity index (χ2n) is 5.31. The Morgan fingerprint density at radius 1 is 1.19 bits per heavy atom. The number of rotatable bonds is 8. The second kappa shape index (κ2) is 7.34. The van der Waals surface area contributed by atoms with Gasteiger partial charge in [0, 0.05) is 0 Å². The molecule has 21 heavy (non-hydrogen) atoms. The molecule has 0 aliphatic heterocycles. The van der Waals surface area contributed by atoms with Crippen LogP contribution in [0.4, 0.5) is 0 Å². The molecule has 1 aliphatic rings. The number of hydrogen-bond acceptors (Lipinski definition) is 4. The maximum atomic E-state index is 11.4. The van der Waals surface area contributed by atoms with E-state index >= 15 is 0 Å². The van der Waals surface area contributed by atoms with Crippen molar-refractivity contribution in [3.63, 3.8) is 0 Å². The lowest BCUT2D eigenvalue weighted by molar-refractivity contribution is -0.142. The van der Waals surface area contributed by atoms with Crippen LogP contribution in [0.1, 0.15) is 32.3 Å². The largest absolute Gasteiger partial charge is 0.490 e. The molecule has 4 nitrogen and oxygen atoms in total. The summed E-state index contributed by atoms with van der Waals surface area (Å²) in [4.78, 5) is 11.4. The first-order chi connectivity index (χ1) is 10.2. The predicted octanol–water partition coefficient (Wildman–Crippen LogP) is 3.23. The summed E-state index contributed by atoms with van der Waals surface area (Å²) >= 11 is 0. The SMILES string of the molecule is CCOc1ccc(CCC2CC2C(=O)OC)cc1OCC. The lowest BCUT2D eigenvalue weighted by atomic mass is 10.1. The van der Waals surface area contributed by atoms with Crippen molar-refractivity contribution < 1.29 is 19.0 Å². The number of esters is 1. The molecule has 0 heterocycles. The predicted molar refractivity (Wildman–Crippen MR) is 80.7 cm³/mol. The van der Waals surface area contributed by atoms with Crippen molar-refractivity contribution in [3.05, 3.63) is 23.8 Å². The quantitative estimate of drug-likeness (QED) is 0.690. The highest BCUT2D eigenvalue weighted by molar-refractivity contribution is 5.75. The lowest BCUT2D eigenvalue weighted by Crippen LogP contribution is -2.04. The van der Waals surface area contributed by atoms with Gasteiger partial charge in [-0.15, -0.1) is 0 Å². The molecule has 0 radical (unpaired) electrons. The monoisotopic (exact) mass is 292 g/mol. The summed E-state index contributed by atoms with van der Waals surface area (Å²) in [5.74, 6) is 2.12. The smallest absolute Gasteiger partial charge is 0.308 e. The van der Waals surface area contributed by atoms with Gasteiger partial charge in [0.05, 0.1) is 26.2 Å². The van der Waals surface area contributed by atoms with E-state index in [1.807, 2.05) is 26.0 Å². The molecule has 0 spiro atoms. The molecule has 4 heteroatoms. The van der Waals surface area contributed by atoms with E-state index in [9.17, 15) is 4.79 Å². The Bertz CT molecular complexity index is 484. The van der Waals surface area contributed by atoms with Crippen LogP contribution >= 0.6 is 0 Å². The summed E-state index contributed by atoms with van der Waals surface area (Å²) in [6.45, 7) is 5.18. The van der Waals surface area contributed by atoms with Crippen LogP contribution in [-0.4, -0.2) is 26.3 Å². The minimum absolute atomic E-state index is 0.0679. The zero-order valence-corrected chi connectivity index (χ0v) is 13.1. The van der Waals surface area contributed by atoms with Crippen molar-refractivity contribution in [2.75, 3.05) is 20.3 Å². The average Bonchev–Trinajstić information content (AvgIpc) is 3.27. The third-order valence-electron chi connectivity index (χ3n) is 3.84. The molecule has 2 rings (SSSR count). The fourth-order valence-corrected chi connectivity index (χ4v) is 2.61. The fourth-order valence-electron chi connectivity index (χ4n) is 2.61. The Kier molecular flexibility index (Phi) is 5.48. The van der Waals surface area contributed by atoms with Crippen LogP contribution in [0.5, 0.6) is 11.5 Å². The first-order valence-electron chi connectivity index (χ1n) is 7.65. The first kappa shape index (κ1) is 15.7. The van der Waals surface area contributed by atoms with Crippen molar-refractivity contribution in [1.82, 2.24) is 0 Å². The Hall–Kier alpha value is -1.71. The highest BCUT2D eigenvalue weighted by Crippen LogP contribution is 2.43. The van der Waals surface area contributed by atoms with Crippen LogP contribution in [0.25, 0.3) is 0 Å². The van der Waals surface area contributed by atoms with Crippen molar-refractivity contribution in [2.45, 2.75) is 33.1 Å². The molecule has 0 amide bonds. The standard InChI is InChI=1S/C17H24O4/c1-4-20-15-9-7-12(10-16(15)21-5-2)6-8-13-11-14(13)17(18)19-3/h7,9-10,13-14H,4-6,8,11H2,1-3H3. The van der Waals surface area contributed by atoms with Gasteiger partial charge in [0.15, 0.2) is 11.5 Å². The number of carbonyl (C=O) groups excluding carboxylic acids is 1. The first-order valence-corrected chi connectivity index (χ1v) is 7.65. The molecule has 116 valence electrons. The van der Waals surface area contributed by atoms with Crippen LogP contribution in [0.2, 0.25) is 0 Å². The fraction of sp³-hybridized carbons (Fsp3) is 0.588. The number of carbonyl (C=O) groups is 1. The summed E-state index contributed by atoms with van der Waals surface area (Å²) in [7, 11) is 1.46. The van der Waals surface area contributed by atoms with Gasteiger partial charge in [0.25, 0.3) is 0 Å². The van der Waals surface area contributed by atoms with E-state index in [4.69, 9.17) is 14.2 Å². The van der Waals surface area contributed by atoms with E-state index in [0.29, 0.717) is 19.1 Å². The van der Waals surface area contributed by atoms with E-state index < -0.39 is 0 Å². The Labute approximate surface area is 126 Å². The molecule has 2 unspecified atom stereocenters. The summed E-state index contributed by atoms with van der Waals surface area (Å²) in [5, 5.41) is 0. The van der Waals surface area contributed by atoms with Gasteiger partial charge < -0.3 is 14.2 Å². The van der Waals surface area contributed by atoms with E-state index in [1.54, 1.807) is 0 Å². The average molecular weight is 292 g/mol. The molecule has 1 saturated carbocycles. The third-order valence-corrected chi connectivity index (χ3v) is 3.84. The van der Waals surface area contributed by atoms with E-state index in [-0.39, 0.29) is 11.9 Å². The highest BCUT2D eigenvalue weighted by atomic mass is 16.5. The molecule has 0 saturated heterocycles. The Morgan fingerprint density at radius 2 is 1.90 bits per heavy atom. The minimum Gasteiger partial charge on any atom is -0.490 e. The molecule has 1 aromatic carbocycles. The number of benzene rings is 1. The number of methoxy groups -OCH3 is 1. The summed E-state index contributed by atoms with van der Waals surface area (Å²) in [6.07, 6.45) is 2.92. The van der Waals surface area contributed by atoms with Gasteiger partial charge in [-0.3, -0.25) is 4.79 Å². The van der Waals surface area contributed by atoms with Gasteiger partial charge in [-0.25, -0.2) is 0 Å². The molecule has 1 aliphatic carbocycles. The molecular weight excluding hydrogens is 268 g/mol. The van der Waals surface area contributed by atoms with Gasteiger partial charge in [-0.1, -0.05) is 6.07 Å². The summed E-state index contributed by atoms with van der Waals surface area (Å²) < 4.78 is 16.0. The summed E-state index contributed by atoms with van der Waals surface area (Å²) in [5.41, 5.74) is 1.22.